The molecule has 0 unspecified atom stereocenters. The summed E-state index contributed by atoms with van der Waals surface area (Å²) in [5.41, 5.74) is -1.04. The van der Waals surface area contributed by atoms with Crippen LogP contribution in [0.3, 0.4) is 0 Å². The van der Waals surface area contributed by atoms with Gasteiger partial charge in [0.1, 0.15) is 49.3 Å². The molecule has 0 radical (unpaired) electrons. The van der Waals surface area contributed by atoms with Crippen LogP contribution in [0, 0.1) is 34.5 Å². The Morgan fingerprint density at radius 3 is 1.78 bits per heavy atom. The molecule has 8 fully saturated rings. The highest BCUT2D eigenvalue weighted by Crippen LogP contribution is 2.70. The number of rotatable bonds is 26. The van der Waals surface area contributed by atoms with Crippen molar-refractivity contribution in [2.45, 2.75) is 331 Å². The first-order valence-corrected chi connectivity index (χ1v) is 33.3. The Balaban J connectivity index is 0.708. The van der Waals surface area contributed by atoms with E-state index in [2.05, 4.69) is 13.8 Å². The van der Waals surface area contributed by atoms with Crippen molar-refractivity contribution in [1.82, 2.24) is 0 Å². The number of cyclic esters (lactones) is 1. The minimum atomic E-state index is -1.68. The summed E-state index contributed by atoms with van der Waals surface area (Å²) < 4.78 is 66.9. The van der Waals surface area contributed by atoms with Crippen LogP contribution in [0.2, 0.25) is 0 Å². The van der Waals surface area contributed by atoms with E-state index in [0.29, 0.717) is 31.6 Å². The molecule has 0 amide bonds. The van der Waals surface area contributed by atoms with Gasteiger partial charge >= 0.3 is 17.9 Å². The van der Waals surface area contributed by atoms with Crippen LogP contribution in [-0.4, -0.2) is 189 Å². The monoisotopic (exact) mass is 1220 g/mol. The van der Waals surface area contributed by atoms with Gasteiger partial charge in [-0.3, -0.25) is 9.59 Å². The van der Waals surface area contributed by atoms with Crippen molar-refractivity contribution in [2.75, 3.05) is 13.2 Å². The van der Waals surface area contributed by atoms with E-state index in [4.69, 9.17) is 52.1 Å². The summed E-state index contributed by atoms with van der Waals surface area (Å²) in [4.78, 5) is 37.6. The molecule has 21 nitrogen and oxygen atoms in total. The van der Waals surface area contributed by atoms with Crippen LogP contribution in [0.4, 0.5) is 0 Å². The van der Waals surface area contributed by atoms with E-state index in [1.54, 1.807) is 19.9 Å². The molecule has 0 aromatic rings. The quantitative estimate of drug-likeness (QED) is 0.0207. The van der Waals surface area contributed by atoms with E-state index in [1.807, 2.05) is 13.8 Å². The van der Waals surface area contributed by atoms with Gasteiger partial charge in [0.25, 0.3) is 0 Å². The highest BCUT2D eigenvalue weighted by Gasteiger charge is 2.71. The molecule has 0 spiro atoms. The average Bonchev–Trinajstić information content (AvgIpc) is 1.39. The summed E-state index contributed by atoms with van der Waals surface area (Å²) >= 11 is 0. The normalized spacial score (nSPS) is 45.1. The zero-order valence-corrected chi connectivity index (χ0v) is 52.3. The summed E-state index contributed by atoms with van der Waals surface area (Å²) in [6.45, 7) is 12.6. The Morgan fingerprint density at radius 2 is 1.21 bits per heavy atom. The third-order valence-corrected chi connectivity index (χ3v) is 22.1. The topological polar surface area (TPSA) is 294 Å². The smallest absolute Gasteiger partial charge is 0.331 e. The number of aliphatic hydroxyl groups excluding tert-OH is 6. The summed E-state index contributed by atoms with van der Waals surface area (Å²) in [6.07, 6.45) is 3.70. The highest BCUT2D eigenvalue weighted by molar-refractivity contribution is 5.85. The van der Waals surface area contributed by atoms with E-state index in [1.165, 1.54) is 58.3 Å². The Labute approximate surface area is 509 Å². The van der Waals surface area contributed by atoms with Crippen molar-refractivity contribution in [1.29, 1.82) is 0 Å². The predicted molar refractivity (Wildman–Crippen MR) is 309 cm³/mol. The molecule has 7 N–H and O–H groups in total. The number of carbonyl (C=O) groups is 3. The minimum absolute atomic E-state index is 0.0153. The van der Waals surface area contributed by atoms with E-state index in [9.17, 15) is 50.1 Å². The van der Waals surface area contributed by atoms with Crippen LogP contribution in [0.1, 0.15) is 209 Å². The number of hydrogen-bond acceptors (Lipinski definition) is 21. The van der Waals surface area contributed by atoms with Gasteiger partial charge in [-0.15, -0.1) is 0 Å². The van der Waals surface area contributed by atoms with Gasteiger partial charge in [-0.05, 0) is 113 Å². The van der Waals surface area contributed by atoms with Crippen molar-refractivity contribution >= 4 is 17.9 Å². The van der Waals surface area contributed by atoms with Crippen LogP contribution in [0.15, 0.2) is 11.6 Å². The van der Waals surface area contributed by atoms with Gasteiger partial charge in [0.2, 0.25) is 0 Å². The molecule has 4 saturated carbocycles. The van der Waals surface area contributed by atoms with Crippen LogP contribution >= 0.6 is 0 Å². The van der Waals surface area contributed by atoms with Crippen LogP contribution in [-0.2, 0) is 66.5 Å². The van der Waals surface area contributed by atoms with Gasteiger partial charge in [-0.1, -0.05) is 97.8 Å². The van der Waals surface area contributed by atoms with Crippen molar-refractivity contribution in [2.24, 2.45) is 34.5 Å². The zero-order chi connectivity index (χ0) is 61.7. The van der Waals surface area contributed by atoms with Gasteiger partial charge in [0, 0.05) is 44.1 Å². The average molecular weight is 1220 g/mol. The second-order valence-corrected chi connectivity index (χ2v) is 27.7. The van der Waals surface area contributed by atoms with E-state index in [-0.39, 0.29) is 67.5 Å². The van der Waals surface area contributed by atoms with Crippen molar-refractivity contribution < 1.29 is 102 Å². The first-order chi connectivity index (χ1) is 41.1. The van der Waals surface area contributed by atoms with E-state index >= 15 is 0 Å². The lowest BCUT2D eigenvalue weighted by Crippen LogP contribution is -2.67. The van der Waals surface area contributed by atoms with Crippen molar-refractivity contribution in [3.63, 3.8) is 0 Å². The summed E-state index contributed by atoms with van der Waals surface area (Å²) in [5, 5.41) is 80.5. The van der Waals surface area contributed by atoms with Crippen molar-refractivity contribution in [3.05, 3.63) is 11.6 Å². The molecule has 9 aliphatic rings. The number of carbonyl (C=O) groups excluding carboxylic acids is 3. The van der Waals surface area contributed by atoms with Crippen LogP contribution < -0.4 is 0 Å². The lowest BCUT2D eigenvalue weighted by Gasteiger charge is -2.65. The number of hydrogen-bond donors (Lipinski definition) is 7. The number of fused-ring (bicyclic) bond motifs is 5. The Hall–Kier alpha value is -2.45. The Bertz CT molecular complexity index is 2210. The highest BCUT2D eigenvalue weighted by atomic mass is 16.8. The standard InChI is InChI=1S/C65H106O21/c1-8-9-10-11-12-13-14-15-16-17-18-19-20-21-51(71)83-61-56(73)49(34-66)82-62(57(61)74)86-60-38(4)79-55(33-48(60)80-39(5)67)85-59-37(3)78-54(32-47(59)69)84-58-36(2)77-53(31-46(58)68)81-42-24-26-63(6)41(29-42)22-23-44-45(63)30-50(70)64(7)43(25-27-65(44,64)75)40-28-52(72)76-35-40/h28,36-38,41-50,53-62,66,68-70,73-75H,8-27,29-35H2,1-7H3/t36-,37-,38-,41-,42+,43-,44-,45+,46+,47+,48+,49-,50-,53+,54+,55+,56-,57-,58-,59-,60-,61+,62+,63+,64+,65+/m1/s1. The minimum Gasteiger partial charge on any atom is -0.459 e. The predicted octanol–water partition coefficient (Wildman–Crippen LogP) is 6.65. The molecular weight excluding hydrogens is 1120 g/mol. The molecule has 5 heterocycles. The third-order valence-electron chi connectivity index (χ3n) is 22.1. The van der Waals surface area contributed by atoms with Gasteiger partial charge in [0.15, 0.2) is 31.3 Å². The molecule has 86 heavy (non-hydrogen) atoms. The molecule has 21 heteroatoms. The summed E-state index contributed by atoms with van der Waals surface area (Å²) in [5.74, 6) is -1.22. The first-order valence-electron chi connectivity index (χ1n) is 33.3. The van der Waals surface area contributed by atoms with Gasteiger partial charge in [-0.25, -0.2) is 4.79 Å². The molecule has 4 aliphatic carbocycles. The fraction of sp³-hybridized carbons (Fsp3) is 0.923. The van der Waals surface area contributed by atoms with Gasteiger partial charge < -0.3 is 87.9 Å². The van der Waals surface area contributed by atoms with Crippen molar-refractivity contribution in [3.8, 4) is 0 Å². The summed E-state index contributed by atoms with van der Waals surface area (Å²) in [7, 11) is 0. The van der Waals surface area contributed by atoms with Gasteiger partial charge in [0.05, 0.1) is 54.9 Å². The number of unbranched alkanes of at least 4 members (excludes halogenated alkanes) is 12. The number of aliphatic hydroxyl groups is 7. The summed E-state index contributed by atoms with van der Waals surface area (Å²) in [6, 6.07) is 0. The van der Waals surface area contributed by atoms with Gasteiger partial charge in [-0.2, -0.15) is 0 Å². The zero-order valence-electron chi connectivity index (χ0n) is 52.3. The third kappa shape index (κ3) is 15.0. The maximum atomic E-state index is 13.0. The van der Waals surface area contributed by atoms with Crippen LogP contribution in [0.5, 0.6) is 0 Å². The molecule has 0 bridgehead atoms. The van der Waals surface area contributed by atoms with E-state index < -0.39 is 140 Å². The fourth-order valence-corrected chi connectivity index (χ4v) is 17.2. The molecule has 26 atom stereocenters. The largest absolute Gasteiger partial charge is 0.459 e. The number of ether oxygens (including phenoxy) is 11. The molecular formula is C65H106O21. The Morgan fingerprint density at radius 1 is 0.628 bits per heavy atom. The molecule has 9 rings (SSSR count). The Kier molecular flexibility index (Phi) is 23.6. The van der Waals surface area contributed by atoms with E-state index in [0.717, 1.165) is 63.4 Å². The lowest BCUT2D eigenvalue weighted by molar-refractivity contribution is -0.355. The van der Waals surface area contributed by atoms with Crippen LogP contribution in [0.25, 0.3) is 0 Å². The molecule has 4 saturated heterocycles. The fourth-order valence-electron chi connectivity index (χ4n) is 17.2. The SMILES string of the molecule is CCCCCCCCCCCCCCCC(=O)O[C@@H]1[C@@H](O)[C@H](O[C@H]2[C@@H](OC(C)=O)C[C@H](O[C@H]3[C@@H](O)C[C@H](O[C@H]4[C@@H](O)C[C@H](O[C@H]5CC[C@@]6(C)[C@H](CC[C@@H]7[C@@H]6C[C@@H](O)[C@]6(C)[C@@H](C8=CC(=O)OC8)CC[C@]76O)C5)O[C@@H]4C)O[C@@H]3C)O[C@@H]2C)O[C@H](CO)[C@H]1O. The molecule has 0 aromatic heterocycles. The second kappa shape index (κ2) is 29.9. The second-order valence-electron chi connectivity index (χ2n) is 27.7. The maximum absolute atomic E-state index is 13.0. The molecule has 492 valence electrons. The molecule has 5 aliphatic heterocycles. The lowest BCUT2D eigenvalue weighted by atomic mass is 9.42. The first kappa shape index (κ1) is 67.9. The molecule has 0 aromatic carbocycles. The number of esters is 3. The maximum Gasteiger partial charge on any atom is 0.331 e.